The molecule has 0 aromatic heterocycles. The largest absolute Gasteiger partial charge is 0.497 e. The van der Waals surface area contributed by atoms with E-state index in [0.717, 1.165) is 11.1 Å². The standard InChI is InChI=1S/C36H33NO5S2/c1-26-14-22-32(23-15-26)43(38,39)36(34(28-10-6-4-7-11-28)29-12-8-5-9-13-29)35(30-18-20-31(42-3)21-19-30)37-44(40,41)33-24-16-27(2)17-25-33/h4-25,35,37H,1-3H3. The second-order valence-electron chi connectivity index (χ2n) is 10.4. The second kappa shape index (κ2) is 13.0. The molecule has 0 spiro atoms. The third-order valence-corrected chi connectivity index (χ3v) is 10.7. The number of methoxy groups -OCH3 is 1. The first-order valence-electron chi connectivity index (χ1n) is 14.0. The fourth-order valence-corrected chi connectivity index (χ4v) is 7.98. The summed E-state index contributed by atoms with van der Waals surface area (Å²) in [5.74, 6) is 0.548. The van der Waals surface area contributed by atoms with E-state index in [9.17, 15) is 16.8 Å². The summed E-state index contributed by atoms with van der Waals surface area (Å²) in [6, 6.07) is 36.7. The number of sulfone groups is 1. The van der Waals surface area contributed by atoms with Gasteiger partial charge in [-0.3, -0.25) is 0 Å². The van der Waals surface area contributed by atoms with Crippen molar-refractivity contribution in [3.8, 4) is 5.75 Å². The summed E-state index contributed by atoms with van der Waals surface area (Å²) in [5, 5.41) is 0. The maximum atomic E-state index is 14.9. The molecule has 1 unspecified atom stereocenters. The molecule has 44 heavy (non-hydrogen) atoms. The van der Waals surface area contributed by atoms with Crippen molar-refractivity contribution in [2.24, 2.45) is 0 Å². The van der Waals surface area contributed by atoms with E-state index in [0.29, 0.717) is 28.0 Å². The highest BCUT2D eigenvalue weighted by Crippen LogP contribution is 2.41. The van der Waals surface area contributed by atoms with Gasteiger partial charge in [-0.1, -0.05) is 108 Å². The Morgan fingerprint density at radius 3 is 1.50 bits per heavy atom. The van der Waals surface area contributed by atoms with E-state index in [2.05, 4.69) is 4.72 Å². The molecule has 0 saturated heterocycles. The average Bonchev–Trinajstić information content (AvgIpc) is 3.04. The van der Waals surface area contributed by atoms with Crippen LogP contribution in [-0.2, 0) is 19.9 Å². The Morgan fingerprint density at radius 2 is 1.05 bits per heavy atom. The Bertz CT molecular complexity index is 1930. The number of benzene rings is 5. The van der Waals surface area contributed by atoms with Crippen LogP contribution in [0.4, 0.5) is 0 Å². The third kappa shape index (κ3) is 6.68. The summed E-state index contributed by atoms with van der Waals surface area (Å²) >= 11 is 0. The van der Waals surface area contributed by atoms with Gasteiger partial charge >= 0.3 is 0 Å². The van der Waals surface area contributed by atoms with Crippen LogP contribution >= 0.6 is 0 Å². The molecule has 0 saturated carbocycles. The summed E-state index contributed by atoms with van der Waals surface area (Å²) in [7, 11) is -7.00. The predicted octanol–water partition coefficient (Wildman–Crippen LogP) is 7.27. The zero-order chi connectivity index (χ0) is 31.3. The van der Waals surface area contributed by atoms with Crippen molar-refractivity contribution in [2.75, 3.05) is 7.11 Å². The van der Waals surface area contributed by atoms with E-state index in [4.69, 9.17) is 4.74 Å². The lowest BCUT2D eigenvalue weighted by molar-refractivity contribution is 0.414. The van der Waals surface area contributed by atoms with E-state index in [-0.39, 0.29) is 14.7 Å². The summed E-state index contributed by atoms with van der Waals surface area (Å²) in [6.07, 6.45) is 0. The summed E-state index contributed by atoms with van der Waals surface area (Å²) in [6.45, 7) is 3.74. The zero-order valence-electron chi connectivity index (χ0n) is 24.6. The SMILES string of the molecule is COc1ccc(C(NS(=O)(=O)c2ccc(C)cc2)C(=C(c2ccccc2)c2ccccc2)S(=O)(=O)c2ccc(C)cc2)cc1. The van der Waals surface area contributed by atoms with Crippen LogP contribution in [0.3, 0.4) is 0 Å². The normalized spacial score (nSPS) is 12.3. The van der Waals surface area contributed by atoms with E-state index in [1.54, 1.807) is 60.7 Å². The molecule has 0 amide bonds. The summed E-state index contributed by atoms with van der Waals surface area (Å²) in [5.41, 5.74) is 3.85. The van der Waals surface area contributed by atoms with Gasteiger partial charge in [0.15, 0.2) is 0 Å². The van der Waals surface area contributed by atoms with Crippen molar-refractivity contribution in [1.29, 1.82) is 0 Å². The Hall–Kier alpha value is -4.50. The predicted molar refractivity (Wildman–Crippen MR) is 175 cm³/mol. The molecule has 1 N–H and O–H groups in total. The average molecular weight is 624 g/mol. The molecular formula is C36H33NO5S2. The van der Waals surface area contributed by atoms with Gasteiger partial charge in [0.05, 0.1) is 27.8 Å². The van der Waals surface area contributed by atoms with E-state index >= 15 is 0 Å². The first-order chi connectivity index (χ1) is 21.1. The van der Waals surface area contributed by atoms with Gasteiger partial charge in [-0.2, -0.15) is 4.72 Å². The van der Waals surface area contributed by atoms with Crippen LogP contribution in [-0.4, -0.2) is 23.9 Å². The second-order valence-corrected chi connectivity index (χ2v) is 14.1. The molecule has 0 fully saturated rings. The zero-order valence-corrected chi connectivity index (χ0v) is 26.3. The number of hydrogen-bond acceptors (Lipinski definition) is 5. The van der Waals surface area contributed by atoms with Crippen LogP contribution in [0.5, 0.6) is 5.75 Å². The van der Waals surface area contributed by atoms with Gasteiger partial charge in [-0.25, -0.2) is 16.8 Å². The van der Waals surface area contributed by atoms with Crippen molar-refractivity contribution in [3.63, 3.8) is 0 Å². The van der Waals surface area contributed by atoms with Crippen LogP contribution in [0.2, 0.25) is 0 Å². The number of aryl methyl sites for hydroxylation is 2. The molecule has 224 valence electrons. The third-order valence-electron chi connectivity index (χ3n) is 7.31. The van der Waals surface area contributed by atoms with Gasteiger partial charge in [-0.15, -0.1) is 0 Å². The topological polar surface area (TPSA) is 89.5 Å². The van der Waals surface area contributed by atoms with Crippen molar-refractivity contribution >= 4 is 25.4 Å². The molecule has 6 nitrogen and oxygen atoms in total. The van der Waals surface area contributed by atoms with Crippen molar-refractivity contribution < 1.29 is 21.6 Å². The smallest absolute Gasteiger partial charge is 0.241 e. The van der Waals surface area contributed by atoms with E-state index < -0.39 is 25.9 Å². The fraction of sp³-hybridized carbons (Fsp3) is 0.111. The van der Waals surface area contributed by atoms with Crippen molar-refractivity contribution in [3.05, 3.63) is 166 Å². The van der Waals surface area contributed by atoms with Crippen LogP contribution in [0, 0.1) is 13.8 Å². The number of nitrogens with one attached hydrogen (secondary N) is 1. The molecule has 5 rings (SSSR count). The van der Waals surface area contributed by atoms with Crippen LogP contribution < -0.4 is 9.46 Å². The summed E-state index contributed by atoms with van der Waals surface area (Å²) < 4.78 is 66.0. The summed E-state index contributed by atoms with van der Waals surface area (Å²) in [4.78, 5) is -0.0233. The Kier molecular flexibility index (Phi) is 9.15. The van der Waals surface area contributed by atoms with Crippen molar-refractivity contribution in [2.45, 2.75) is 29.7 Å². The highest BCUT2D eigenvalue weighted by Gasteiger charge is 2.36. The number of ether oxygens (including phenoxy) is 1. The van der Waals surface area contributed by atoms with Crippen LogP contribution in [0.25, 0.3) is 5.57 Å². The van der Waals surface area contributed by atoms with Gasteiger partial charge in [-0.05, 0) is 66.9 Å². The molecule has 0 aliphatic heterocycles. The Labute approximate surface area is 259 Å². The highest BCUT2D eigenvalue weighted by molar-refractivity contribution is 7.95. The number of hydrogen-bond donors (Lipinski definition) is 1. The maximum absolute atomic E-state index is 14.9. The van der Waals surface area contributed by atoms with Crippen LogP contribution in [0.1, 0.15) is 33.9 Å². The van der Waals surface area contributed by atoms with Crippen molar-refractivity contribution in [1.82, 2.24) is 4.72 Å². The molecule has 8 heteroatoms. The van der Waals surface area contributed by atoms with E-state index in [1.807, 2.05) is 74.5 Å². The number of sulfonamides is 1. The van der Waals surface area contributed by atoms with Gasteiger partial charge in [0.2, 0.25) is 19.9 Å². The van der Waals surface area contributed by atoms with Gasteiger partial charge in [0, 0.05) is 5.57 Å². The minimum absolute atomic E-state index is 0.0228. The maximum Gasteiger partial charge on any atom is 0.241 e. The monoisotopic (exact) mass is 623 g/mol. The Balaban J connectivity index is 1.89. The molecule has 0 aliphatic carbocycles. The number of rotatable bonds is 10. The Morgan fingerprint density at radius 1 is 0.591 bits per heavy atom. The molecule has 5 aromatic rings. The minimum Gasteiger partial charge on any atom is -0.497 e. The minimum atomic E-state index is -4.32. The first-order valence-corrected chi connectivity index (χ1v) is 17.0. The van der Waals surface area contributed by atoms with Gasteiger partial charge < -0.3 is 4.74 Å². The molecule has 5 aromatic carbocycles. The molecule has 0 bridgehead atoms. The van der Waals surface area contributed by atoms with Gasteiger partial charge in [0.25, 0.3) is 0 Å². The lowest BCUT2D eigenvalue weighted by atomic mass is 9.94. The highest BCUT2D eigenvalue weighted by atomic mass is 32.2. The molecule has 0 aliphatic rings. The lowest BCUT2D eigenvalue weighted by Gasteiger charge is -2.26. The molecular weight excluding hydrogens is 591 g/mol. The molecule has 0 heterocycles. The first kappa shape index (κ1) is 30.9. The lowest BCUT2D eigenvalue weighted by Crippen LogP contribution is -2.33. The fourth-order valence-electron chi connectivity index (χ4n) is 4.95. The van der Waals surface area contributed by atoms with E-state index in [1.165, 1.54) is 19.2 Å². The van der Waals surface area contributed by atoms with Crippen LogP contribution in [0.15, 0.2) is 148 Å². The molecule has 1 atom stereocenters. The quantitative estimate of drug-likeness (QED) is 0.177. The van der Waals surface area contributed by atoms with Gasteiger partial charge in [0.1, 0.15) is 5.75 Å². The molecule has 0 radical (unpaired) electrons.